The maximum Gasteiger partial charge on any atom is 0.313 e. The largest absolute Gasteiger partial charge is 0.426 e. The minimum Gasteiger partial charge on any atom is -0.426 e. The summed E-state index contributed by atoms with van der Waals surface area (Å²) in [7, 11) is 0. The van der Waals surface area contributed by atoms with Gasteiger partial charge in [0.2, 0.25) is 5.91 Å². The Labute approximate surface area is 175 Å². The summed E-state index contributed by atoms with van der Waals surface area (Å²) >= 11 is 0. The highest BCUT2D eigenvalue weighted by Gasteiger charge is 2.18. The number of aryl methyl sites for hydroxylation is 1. The van der Waals surface area contributed by atoms with Crippen molar-refractivity contribution < 1.29 is 14.3 Å². The van der Waals surface area contributed by atoms with Gasteiger partial charge in [0.25, 0.3) is 0 Å². The van der Waals surface area contributed by atoms with Crippen LogP contribution in [0.15, 0.2) is 72.8 Å². The Morgan fingerprint density at radius 3 is 2.03 bits per heavy atom. The van der Waals surface area contributed by atoms with Crippen molar-refractivity contribution in [2.45, 2.75) is 26.3 Å². The number of nitrogens with one attached hydrogen (secondary N) is 1. The molecule has 0 heterocycles. The highest BCUT2D eigenvalue weighted by Crippen LogP contribution is 2.24. The first kappa shape index (κ1) is 20.8. The first-order valence-corrected chi connectivity index (χ1v) is 9.59. The molecule has 5 heteroatoms. The molecule has 0 radical (unpaired) electrons. The molecule has 0 aliphatic carbocycles. The van der Waals surface area contributed by atoms with Gasteiger partial charge in [0.1, 0.15) is 5.75 Å². The quantitative estimate of drug-likeness (QED) is 0.482. The summed E-state index contributed by atoms with van der Waals surface area (Å²) in [6, 6.07) is 23.8. The van der Waals surface area contributed by atoms with Gasteiger partial charge in [0.05, 0.1) is 24.1 Å². The van der Waals surface area contributed by atoms with E-state index in [0.717, 1.165) is 22.3 Å². The van der Waals surface area contributed by atoms with Gasteiger partial charge in [-0.25, -0.2) is 0 Å². The number of rotatable bonds is 6. The van der Waals surface area contributed by atoms with Gasteiger partial charge in [0.15, 0.2) is 0 Å². The van der Waals surface area contributed by atoms with Crippen molar-refractivity contribution in [3.05, 3.63) is 89.5 Å². The number of hydrogen-bond acceptors (Lipinski definition) is 4. The highest BCUT2D eigenvalue weighted by molar-refractivity contribution is 5.77. The Morgan fingerprint density at radius 2 is 1.50 bits per heavy atom. The number of carbonyl (C=O) groups is 2. The maximum atomic E-state index is 12.5. The van der Waals surface area contributed by atoms with Gasteiger partial charge < -0.3 is 10.1 Å². The third-order valence-electron chi connectivity index (χ3n) is 4.66. The van der Waals surface area contributed by atoms with Crippen molar-refractivity contribution >= 4 is 11.9 Å². The number of esters is 1. The van der Waals surface area contributed by atoms with Gasteiger partial charge in [-0.15, -0.1) is 0 Å². The van der Waals surface area contributed by atoms with Crippen molar-refractivity contribution in [3.63, 3.8) is 0 Å². The molecule has 3 aromatic carbocycles. The number of hydrogen-bond donors (Lipinski definition) is 1. The second-order valence-electron chi connectivity index (χ2n) is 7.06. The second kappa shape index (κ2) is 9.53. The average Bonchev–Trinajstić information content (AvgIpc) is 2.74. The lowest BCUT2D eigenvalue weighted by Gasteiger charge is -2.18. The summed E-state index contributed by atoms with van der Waals surface area (Å²) in [5, 5.41) is 11.7. The molecule has 5 nitrogen and oxygen atoms in total. The number of carbonyl (C=O) groups excluding carboxylic acids is 2. The Balaban J connectivity index is 1.67. The van der Waals surface area contributed by atoms with Gasteiger partial charge in [0, 0.05) is 6.92 Å². The zero-order valence-corrected chi connectivity index (χ0v) is 16.9. The average molecular weight is 398 g/mol. The molecule has 0 saturated heterocycles. The lowest BCUT2D eigenvalue weighted by Crippen LogP contribution is -2.29. The lowest BCUT2D eigenvalue weighted by atomic mass is 10.0. The zero-order chi connectivity index (χ0) is 21.5. The first-order valence-electron chi connectivity index (χ1n) is 9.59. The van der Waals surface area contributed by atoms with Crippen LogP contribution in [-0.2, 0) is 9.59 Å². The van der Waals surface area contributed by atoms with E-state index in [0.29, 0.717) is 11.3 Å². The molecule has 150 valence electrons. The monoisotopic (exact) mass is 398 g/mol. The maximum absolute atomic E-state index is 12.5. The molecular weight excluding hydrogens is 376 g/mol. The molecule has 1 atom stereocenters. The van der Waals surface area contributed by atoms with Crippen molar-refractivity contribution in [2.75, 3.05) is 0 Å². The molecule has 0 spiro atoms. The van der Waals surface area contributed by atoms with E-state index in [-0.39, 0.29) is 12.3 Å². The molecule has 3 aromatic rings. The number of nitrogens with zero attached hydrogens (tertiary/aromatic N) is 1. The standard InChI is InChI=1S/C25H22N2O3/c1-17-3-7-22(8-4-17)24(27-18(2)28)15-25(29)30-23-13-11-21(12-14-23)20-9-5-19(16-26)6-10-20/h3-14,24H,15H2,1-2H3,(H,27,28)/t24-/m0/s1. The number of amides is 1. The molecule has 1 N–H and O–H groups in total. The van der Waals surface area contributed by atoms with Crippen LogP contribution in [0.5, 0.6) is 5.75 Å². The molecule has 30 heavy (non-hydrogen) atoms. The summed E-state index contributed by atoms with van der Waals surface area (Å²) in [5.74, 6) is -0.205. The topological polar surface area (TPSA) is 79.2 Å². The lowest BCUT2D eigenvalue weighted by molar-refractivity contribution is -0.135. The van der Waals surface area contributed by atoms with Gasteiger partial charge in [-0.2, -0.15) is 5.26 Å². The summed E-state index contributed by atoms with van der Waals surface area (Å²) in [6.45, 7) is 3.40. The van der Waals surface area contributed by atoms with Crippen molar-refractivity contribution in [3.8, 4) is 22.9 Å². The molecule has 0 aromatic heterocycles. The van der Waals surface area contributed by atoms with Crippen LogP contribution in [0.25, 0.3) is 11.1 Å². The Morgan fingerprint density at radius 1 is 0.933 bits per heavy atom. The normalized spacial score (nSPS) is 11.2. The smallest absolute Gasteiger partial charge is 0.313 e. The van der Waals surface area contributed by atoms with Crippen LogP contribution in [0.1, 0.15) is 36.1 Å². The van der Waals surface area contributed by atoms with E-state index >= 15 is 0 Å². The van der Waals surface area contributed by atoms with Crippen LogP contribution < -0.4 is 10.1 Å². The predicted molar refractivity (Wildman–Crippen MR) is 115 cm³/mol. The fourth-order valence-corrected chi connectivity index (χ4v) is 3.09. The van der Waals surface area contributed by atoms with E-state index in [1.807, 2.05) is 55.5 Å². The van der Waals surface area contributed by atoms with E-state index in [2.05, 4.69) is 11.4 Å². The Hall–Kier alpha value is -3.91. The molecule has 3 rings (SSSR count). The van der Waals surface area contributed by atoms with E-state index in [4.69, 9.17) is 10.00 Å². The van der Waals surface area contributed by atoms with Crippen molar-refractivity contribution in [1.82, 2.24) is 5.32 Å². The zero-order valence-electron chi connectivity index (χ0n) is 16.9. The molecule has 0 aliphatic heterocycles. The first-order chi connectivity index (χ1) is 14.4. The number of ether oxygens (including phenoxy) is 1. The molecule has 0 aliphatic rings. The van der Waals surface area contributed by atoms with Crippen LogP contribution >= 0.6 is 0 Å². The summed E-state index contributed by atoms with van der Waals surface area (Å²) in [5.41, 5.74) is 4.48. The van der Waals surface area contributed by atoms with Crippen LogP contribution in [0.4, 0.5) is 0 Å². The highest BCUT2D eigenvalue weighted by atomic mass is 16.5. The minimum atomic E-state index is -0.450. The minimum absolute atomic E-state index is 0.0278. The summed E-state index contributed by atoms with van der Waals surface area (Å²) < 4.78 is 5.47. The molecule has 0 unspecified atom stereocenters. The van der Waals surface area contributed by atoms with Gasteiger partial charge in [-0.1, -0.05) is 54.1 Å². The molecular formula is C25H22N2O3. The predicted octanol–water partition coefficient (Wildman–Crippen LogP) is 4.71. The van der Waals surface area contributed by atoms with E-state index in [9.17, 15) is 9.59 Å². The fraction of sp³-hybridized carbons (Fsp3) is 0.160. The second-order valence-corrected chi connectivity index (χ2v) is 7.06. The van der Waals surface area contributed by atoms with Crippen LogP contribution in [0.3, 0.4) is 0 Å². The Bertz CT molecular complexity index is 1060. The van der Waals surface area contributed by atoms with Crippen LogP contribution in [0, 0.1) is 18.3 Å². The number of nitriles is 1. The van der Waals surface area contributed by atoms with E-state index < -0.39 is 12.0 Å². The SMILES string of the molecule is CC(=O)N[C@@H](CC(=O)Oc1ccc(-c2ccc(C#N)cc2)cc1)c1ccc(C)cc1. The van der Waals surface area contributed by atoms with Gasteiger partial charge in [-0.05, 0) is 47.9 Å². The van der Waals surface area contributed by atoms with Crippen LogP contribution in [0.2, 0.25) is 0 Å². The summed E-state index contributed by atoms with van der Waals surface area (Å²) in [6.07, 6.45) is 0.0278. The molecule has 0 bridgehead atoms. The third-order valence-corrected chi connectivity index (χ3v) is 4.66. The third kappa shape index (κ3) is 5.55. The number of benzene rings is 3. The molecule has 1 amide bonds. The fourth-order valence-electron chi connectivity index (χ4n) is 3.09. The molecule has 0 fully saturated rings. The van der Waals surface area contributed by atoms with E-state index in [1.165, 1.54) is 6.92 Å². The van der Waals surface area contributed by atoms with Gasteiger partial charge >= 0.3 is 5.97 Å². The van der Waals surface area contributed by atoms with Crippen LogP contribution in [-0.4, -0.2) is 11.9 Å². The Kier molecular flexibility index (Phi) is 6.61. The van der Waals surface area contributed by atoms with E-state index in [1.54, 1.807) is 24.3 Å². The van der Waals surface area contributed by atoms with Crippen molar-refractivity contribution in [2.24, 2.45) is 0 Å². The summed E-state index contributed by atoms with van der Waals surface area (Å²) in [4.78, 5) is 24.0. The van der Waals surface area contributed by atoms with Gasteiger partial charge in [-0.3, -0.25) is 9.59 Å². The molecule has 0 saturated carbocycles. The van der Waals surface area contributed by atoms with Crippen molar-refractivity contribution in [1.29, 1.82) is 5.26 Å².